The summed E-state index contributed by atoms with van der Waals surface area (Å²) < 4.78 is 0. The first kappa shape index (κ1) is 14.8. The van der Waals surface area contributed by atoms with Crippen molar-refractivity contribution in [2.75, 3.05) is 13.1 Å². The smallest absolute Gasteiger partial charge is 0.234 e. The third-order valence-corrected chi connectivity index (χ3v) is 4.51. The highest BCUT2D eigenvalue weighted by atomic mass is 16.3. The lowest BCUT2D eigenvalue weighted by Crippen LogP contribution is -2.42. The van der Waals surface area contributed by atoms with Crippen molar-refractivity contribution in [2.24, 2.45) is 5.92 Å². The zero-order valence-corrected chi connectivity index (χ0v) is 11.9. The highest BCUT2D eigenvalue weighted by molar-refractivity contribution is 5.78. The van der Waals surface area contributed by atoms with Crippen molar-refractivity contribution in [3.05, 3.63) is 0 Å². The molecule has 2 rings (SSSR count). The SMILES string of the molecule is O=C(CNCC1CCC(O)CC1)NC1CCCCC1. The third-order valence-electron chi connectivity index (χ3n) is 4.51. The van der Waals surface area contributed by atoms with Crippen molar-refractivity contribution >= 4 is 5.91 Å². The van der Waals surface area contributed by atoms with Gasteiger partial charge in [0.15, 0.2) is 0 Å². The lowest BCUT2D eigenvalue weighted by Gasteiger charge is -2.26. The van der Waals surface area contributed by atoms with Crippen molar-refractivity contribution < 1.29 is 9.90 Å². The summed E-state index contributed by atoms with van der Waals surface area (Å²) in [4.78, 5) is 11.8. The van der Waals surface area contributed by atoms with Gasteiger partial charge in [-0.3, -0.25) is 4.79 Å². The highest BCUT2D eigenvalue weighted by Gasteiger charge is 2.19. The van der Waals surface area contributed by atoms with Crippen LogP contribution in [0.3, 0.4) is 0 Å². The van der Waals surface area contributed by atoms with Crippen LogP contribution in [0.1, 0.15) is 57.8 Å². The number of carbonyl (C=O) groups is 1. The maximum Gasteiger partial charge on any atom is 0.234 e. The van der Waals surface area contributed by atoms with Crippen LogP contribution in [0.25, 0.3) is 0 Å². The molecule has 0 spiro atoms. The fraction of sp³-hybridized carbons (Fsp3) is 0.933. The standard InChI is InChI=1S/C15H28N2O2/c18-14-8-6-12(7-9-14)10-16-11-15(19)17-13-4-2-1-3-5-13/h12-14,16,18H,1-11H2,(H,17,19). The summed E-state index contributed by atoms with van der Waals surface area (Å²) in [6.07, 6.45) is 10.0. The van der Waals surface area contributed by atoms with Crippen molar-refractivity contribution in [3.63, 3.8) is 0 Å². The van der Waals surface area contributed by atoms with E-state index in [1.54, 1.807) is 0 Å². The molecule has 0 atom stereocenters. The number of carbonyl (C=O) groups excluding carboxylic acids is 1. The van der Waals surface area contributed by atoms with E-state index in [0.29, 0.717) is 18.5 Å². The molecule has 3 N–H and O–H groups in total. The van der Waals surface area contributed by atoms with E-state index in [2.05, 4.69) is 10.6 Å². The maximum absolute atomic E-state index is 11.8. The summed E-state index contributed by atoms with van der Waals surface area (Å²) in [6.45, 7) is 1.35. The van der Waals surface area contributed by atoms with Gasteiger partial charge in [-0.15, -0.1) is 0 Å². The molecule has 4 heteroatoms. The number of aliphatic hydroxyl groups excluding tert-OH is 1. The minimum absolute atomic E-state index is 0.0918. The van der Waals surface area contributed by atoms with E-state index in [9.17, 15) is 9.90 Å². The van der Waals surface area contributed by atoms with Crippen LogP contribution >= 0.6 is 0 Å². The van der Waals surface area contributed by atoms with Gasteiger partial charge < -0.3 is 15.7 Å². The molecule has 110 valence electrons. The van der Waals surface area contributed by atoms with Gasteiger partial charge in [-0.1, -0.05) is 19.3 Å². The monoisotopic (exact) mass is 268 g/mol. The van der Waals surface area contributed by atoms with E-state index in [1.165, 1.54) is 19.3 Å². The van der Waals surface area contributed by atoms with Crippen LogP contribution in [0, 0.1) is 5.92 Å². The molecule has 19 heavy (non-hydrogen) atoms. The summed E-state index contributed by atoms with van der Waals surface area (Å²) in [5, 5.41) is 15.8. The third kappa shape index (κ3) is 5.49. The summed E-state index contributed by atoms with van der Waals surface area (Å²) in [5.41, 5.74) is 0. The Kier molecular flexibility index (Phi) is 6.11. The molecule has 0 aromatic heterocycles. The zero-order valence-electron chi connectivity index (χ0n) is 11.9. The number of rotatable bonds is 5. The molecule has 2 saturated carbocycles. The van der Waals surface area contributed by atoms with Gasteiger partial charge in [-0.2, -0.15) is 0 Å². The second-order valence-corrected chi connectivity index (χ2v) is 6.21. The van der Waals surface area contributed by atoms with Crippen molar-refractivity contribution in [1.82, 2.24) is 10.6 Å². The van der Waals surface area contributed by atoms with Gasteiger partial charge >= 0.3 is 0 Å². The topological polar surface area (TPSA) is 61.4 Å². The summed E-state index contributed by atoms with van der Waals surface area (Å²) in [5.74, 6) is 0.772. The molecule has 1 amide bonds. The first-order valence-corrected chi connectivity index (χ1v) is 7.92. The normalized spacial score (nSPS) is 29.1. The average molecular weight is 268 g/mol. The lowest BCUT2D eigenvalue weighted by atomic mass is 9.87. The second kappa shape index (κ2) is 7.85. The Morgan fingerprint density at radius 2 is 1.68 bits per heavy atom. The van der Waals surface area contributed by atoms with Crippen LogP contribution in [0.4, 0.5) is 0 Å². The Labute approximate surface area is 116 Å². The van der Waals surface area contributed by atoms with Crippen molar-refractivity contribution in [2.45, 2.75) is 69.9 Å². The maximum atomic E-state index is 11.8. The van der Waals surface area contributed by atoms with Crippen LogP contribution in [0.5, 0.6) is 0 Å². The molecule has 0 radical (unpaired) electrons. The van der Waals surface area contributed by atoms with Gasteiger partial charge in [0.1, 0.15) is 0 Å². The molecule has 2 aliphatic carbocycles. The fourth-order valence-electron chi connectivity index (χ4n) is 3.26. The number of aliphatic hydroxyl groups is 1. The van der Waals surface area contributed by atoms with E-state index in [1.807, 2.05) is 0 Å². The zero-order chi connectivity index (χ0) is 13.5. The van der Waals surface area contributed by atoms with E-state index in [0.717, 1.165) is 45.1 Å². The predicted molar refractivity (Wildman–Crippen MR) is 75.9 cm³/mol. The minimum Gasteiger partial charge on any atom is -0.393 e. The van der Waals surface area contributed by atoms with Gasteiger partial charge in [0.2, 0.25) is 5.91 Å². The lowest BCUT2D eigenvalue weighted by molar-refractivity contribution is -0.121. The Bertz CT molecular complexity index is 269. The van der Waals surface area contributed by atoms with E-state index in [-0.39, 0.29) is 12.0 Å². The number of amides is 1. The van der Waals surface area contributed by atoms with E-state index in [4.69, 9.17) is 0 Å². The molecule has 0 aromatic carbocycles. The molecule has 0 aliphatic heterocycles. The predicted octanol–water partition coefficient (Wildman–Crippen LogP) is 1.58. The molecule has 0 heterocycles. The van der Waals surface area contributed by atoms with Gasteiger partial charge in [-0.25, -0.2) is 0 Å². The largest absolute Gasteiger partial charge is 0.393 e. The van der Waals surface area contributed by atoms with Crippen molar-refractivity contribution in [1.29, 1.82) is 0 Å². The molecular formula is C15H28N2O2. The molecule has 4 nitrogen and oxygen atoms in total. The first-order valence-electron chi connectivity index (χ1n) is 7.92. The molecule has 2 fully saturated rings. The van der Waals surface area contributed by atoms with Gasteiger partial charge in [-0.05, 0) is 51.0 Å². The number of hydrogen-bond donors (Lipinski definition) is 3. The number of nitrogens with one attached hydrogen (secondary N) is 2. The Morgan fingerprint density at radius 3 is 2.37 bits per heavy atom. The van der Waals surface area contributed by atoms with Crippen LogP contribution in [-0.2, 0) is 4.79 Å². The molecule has 0 aromatic rings. The van der Waals surface area contributed by atoms with Crippen LogP contribution in [0.15, 0.2) is 0 Å². The van der Waals surface area contributed by atoms with E-state index >= 15 is 0 Å². The van der Waals surface area contributed by atoms with Crippen molar-refractivity contribution in [3.8, 4) is 0 Å². The van der Waals surface area contributed by atoms with Gasteiger partial charge in [0, 0.05) is 6.04 Å². The summed E-state index contributed by atoms with van der Waals surface area (Å²) in [6, 6.07) is 0.410. The second-order valence-electron chi connectivity index (χ2n) is 6.21. The Balaban J connectivity index is 1.53. The molecule has 0 unspecified atom stereocenters. The van der Waals surface area contributed by atoms with Gasteiger partial charge in [0.25, 0.3) is 0 Å². The quantitative estimate of drug-likeness (QED) is 0.709. The van der Waals surface area contributed by atoms with Gasteiger partial charge in [0.05, 0.1) is 12.6 Å². The molecule has 0 bridgehead atoms. The molecule has 0 saturated heterocycles. The first-order chi connectivity index (χ1) is 9.24. The van der Waals surface area contributed by atoms with Crippen LogP contribution in [0.2, 0.25) is 0 Å². The van der Waals surface area contributed by atoms with Crippen LogP contribution in [-0.4, -0.2) is 36.2 Å². The van der Waals surface area contributed by atoms with Crippen LogP contribution < -0.4 is 10.6 Å². The summed E-state index contributed by atoms with van der Waals surface area (Å²) >= 11 is 0. The molecular weight excluding hydrogens is 240 g/mol. The van der Waals surface area contributed by atoms with E-state index < -0.39 is 0 Å². The Morgan fingerprint density at radius 1 is 1.00 bits per heavy atom. The molecule has 2 aliphatic rings. The summed E-state index contributed by atoms with van der Waals surface area (Å²) in [7, 11) is 0. The minimum atomic E-state index is -0.0918. The highest BCUT2D eigenvalue weighted by Crippen LogP contribution is 2.23. The average Bonchev–Trinajstić information content (AvgIpc) is 2.42. The Hall–Kier alpha value is -0.610. The number of hydrogen-bond acceptors (Lipinski definition) is 3. The fourth-order valence-corrected chi connectivity index (χ4v) is 3.26.